The summed E-state index contributed by atoms with van der Waals surface area (Å²) in [5, 5.41) is 8.74. The van der Waals surface area contributed by atoms with Crippen LogP contribution < -0.4 is 20.5 Å². The number of benzene rings is 4. The Bertz CT molecular complexity index is 2120. The number of rotatable bonds is 8. The normalized spacial score (nSPS) is 11.4. The fourth-order valence-electron chi connectivity index (χ4n) is 4.71. The van der Waals surface area contributed by atoms with Crippen molar-refractivity contribution in [1.82, 2.24) is 9.66 Å². The van der Waals surface area contributed by atoms with Crippen molar-refractivity contribution < 1.29 is 13.9 Å². The van der Waals surface area contributed by atoms with Crippen LogP contribution in [0, 0.1) is 6.92 Å². The zero-order valence-corrected chi connectivity index (χ0v) is 25.8. The number of halogens is 1. The zero-order chi connectivity index (χ0) is 30.8. The molecule has 44 heavy (non-hydrogen) atoms. The molecule has 1 amide bonds. The first-order valence-corrected chi connectivity index (χ1v) is 14.6. The molecule has 2 heterocycles. The van der Waals surface area contributed by atoms with Gasteiger partial charge in [-0.25, -0.2) is 4.98 Å². The summed E-state index contributed by atoms with van der Waals surface area (Å²) >= 11 is 3.49. The van der Waals surface area contributed by atoms with Crippen LogP contribution in [0.1, 0.15) is 11.1 Å². The molecule has 0 bridgehead atoms. The van der Waals surface area contributed by atoms with E-state index in [4.69, 9.17) is 14.1 Å². The van der Waals surface area contributed by atoms with E-state index in [2.05, 4.69) is 26.3 Å². The fourth-order valence-corrected chi connectivity index (χ4v) is 5.09. The van der Waals surface area contributed by atoms with Crippen LogP contribution in [0.4, 0.5) is 11.4 Å². The summed E-state index contributed by atoms with van der Waals surface area (Å²) in [7, 11) is 3.83. The monoisotopic (exact) mass is 649 g/mol. The van der Waals surface area contributed by atoms with Gasteiger partial charge in [0.2, 0.25) is 5.82 Å². The Morgan fingerprint density at radius 1 is 1.05 bits per heavy atom. The molecule has 0 unspecified atom stereocenters. The van der Waals surface area contributed by atoms with Crippen molar-refractivity contribution in [2.75, 3.05) is 30.9 Å². The Hall–Kier alpha value is -5.22. The van der Waals surface area contributed by atoms with Crippen molar-refractivity contribution in [2.24, 2.45) is 5.10 Å². The maximum atomic E-state index is 13.7. The molecular weight excluding hydrogens is 622 g/mol. The highest BCUT2D eigenvalue weighted by Crippen LogP contribution is 2.30. The number of hydrogen-bond acceptors (Lipinski definition) is 7. The van der Waals surface area contributed by atoms with E-state index < -0.39 is 0 Å². The van der Waals surface area contributed by atoms with Gasteiger partial charge in [-0.15, -0.1) is 0 Å². The van der Waals surface area contributed by atoms with Gasteiger partial charge in [0, 0.05) is 47.0 Å². The number of carbonyl (C=O) groups excluding carboxylic acids is 1. The van der Waals surface area contributed by atoms with Gasteiger partial charge in [0.05, 0.1) is 17.1 Å². The number of hydrogen-bond donors (Lipinski definition) is 1. The van der Waals surface area contributed by atoms with Crippen LogP contribution in [0.15, 0.2) is 110 Å². The maximum absolute atomic E-state index is 13.7. The summed E-state index contributed by atoms with van der Waals surface area (Å²) in [4.78, 5) is 33.2. The third kappa shape index (κ3) is 5.97. The van der Waals surface area contributed by atoms with Crippen molar-refractivity contribution in [2.45, 2.75) is 6.92 Å². The van der Waals surface area contributed by atoms with E-state index >= 15 is 0 Å². The van der Waals surface area contributed by atoms with Gasteiger partial charge in [0.25, 0.3) is 11.5 Å². The summed E-state index contributed by atoms with van der Waals surface area (Å²) < 4.78 is 14.2. The first kappa shape index (κ1) is 28.9. The molecule has 6 rings (SSSR count). The first-order chi connectivity index (χ1) is 21.3. The lowest BCUT2D eigenvalue weighted by molar-refractivity contribution is -0.118. The van der Waals surface area contributed by atoms with Gasteiger partial charge in [-0.3, -0.25) is 9.59 Å². The van der Waals surface area contributed by atoms with Gasteiger partial charge >= 0.3 is 0 Å². The summed E-state index contributed by atoms with van der Waals surface area (Å²) in [5.41, 5.74) is 3.94. The number of nitrogens with one attached hydrogen (secondary N) is 1. The highest BCUT2D eigenvalue weighted by atomic mass is 79.9. The second-order valence-corrected chi connectivity index (χ2v) is 11.3. The first-order valence-electron chi connectivity index (χ1n) is 13.8. The quantitative estimate of drug-likeness (QED) is 0.181. The van der Waals surface area contributed by atoms with Gasteiger partial charge in [0.15, 0.2) is 12.4 Å². The number of furan rings is 1. The Kier molecular flexibility index (Phi) is 7.99. The predicted molar refractivity (Wildman–Crippen MR) is 178 cm³/mol. The predicted octanol–water partition coefficient (Wildman–Crippen LogP) is 6.85. The molecule has 6 aromatic rings. The number of amides is 1. The van der Waals surface area contributed by atoms with Crippen molar-refractivity contribution in [1.29, 1.82) is 0 Å². The number of anilines is 2. The van der Waals surface area contributed by atoms with E-state index in [1.807, 2.05) is 98.7 Å². The van der Waals surface area contributed by atoms with Crippen LogP contribution in [-0.4, -0.2) is 42.5 Å². The van der Waals surface area contributed by atoms with Crippen LogP contribution in [0.3, 0.4) is 0 Å². The summed E-state index contributed by atoms with van der Waals surface area (Å²) in [5.74, 6) is 0.774. The molecule has 220 valence electrons. The van der Waals surface area contributed by atoms with E-state index in [1.165, 1.54) is 10.9 Å². The number of aromatic nitrogens is 2. The van der Waals surface area contributed by atoms with E-state index in [-0.39, 0.29) is 23.9 Å². The molecule has 0 radical (unpaired) electrons. The molecule has 0 fully saturated rings. The standard InChI is InChI=1S/C34H28BrN5O4/c1-21-8-4-6-10-27(21)37-32(41)20-43-30-18-25(39(2)3)14-12-22(30)19-36-40-33(38-28-11-7-5-9-26(28)34(40)42)31-17-23-16-24(35)13-15-29(23)44-31/h4-19H,20H2,1-3H3,(H,37,41). The molecule has 0 aliphatic heterocycles. The van der Waals surface area contributed by atoms with Gasteiger partial charge in [0.1, 0.15) is 11.3 Å². The number of para-hydroxylation sites is 2. The van der Waals surface area contributed by atoms with E-state index in [0.29, 0.717) is 33.6 Å². The molecule has 1 N–H and O–H groups in total. The highest BCUT2D eigenvalue weighted by molar-refractivity contribution is 9.10. The highest BCUT2D eigenvalue weighted by Gasteiger charge is 2.17. The van der Waals surface area contributed by atoms with Gasteiger partial charge in [-0.05, 0) is 67.1 Å². The van der Waals surface area contributed by atoms with Crippen LogP contribution in [0.5, 0.6) is 5.75 Å². The van der Waals surface area contributed by atoms with Crippen LogP contribution in [0.2, 0.25) is 0 Å². The van der Waals surface area contributed by atoms with Crippen molar-refractivity contribution >= 4 is 61.3 Å². The third-order valence-electron chi connectivity index (χ3n) is 7.06. The molecule has 0 saturated heterocycles. The Labute approximate surface area is 261 Å². The minimum atomic E-state index is -0.353. The fraction of sp³-hybridized carbons (Fsp3) is 0.118. The molecule has 10 heteroatoms. The molecule has 0 saturated carbocycles. The molecule has 0 spiro atoms. The second-order valence-electron chi connectivity index (χ2n) is 10.4. The summed E-state index contributed by atoms with van der Waals surface area (Å²) in [6.45, 7) is 1.71. The molecule has 9 nitrogen and oxygen atoms in total. The van der Waals surface area contributed by atoms with E-state index in [9.17, 15) is 9.59 Å². The lowest BCUT2D eigenvalue weighted by atomic mass is 10.2. The lowest BCUT2D eigenvalue weighted by Crippen LogP contribution is -2.21. The Morgan fingerprint density at radius 2 is 1.84 bits per heavy atom. The smallest absolute Gasteiger partial charge is 0.282 e. The maximum Gasteiger partial charge on any atom is 0.282 e. The Balaban J connectivity index is 1.38. The second kappa shape index (κ2) is 12.2. The molecule has 0 aliphatic rings. The van der Waals surface area contributed by atoms with E-state index in [0.717, 1.165) is 26.8 Å². The minimum Gasteiger partial charge on any atom is -0.483 e. The summed E-state index contributed by atoms with van der Waals surface area (Å²) in [6, 6.07) is 27.7. The third-order valence-corrected chi connectivity index (χ3v) is 7.55. The average Bonchev–Trinajstić information content (AvgIpc) is 3.44. The largest absolute Gasteiger partial charge is 0.483 e. The molecule has 0 aliphatic carbocycles. The minimum absolute atomic E-state index is 0.219. The number of nitrogens with zero attached hydrogens (tertiary/aromatic N) is 4. The number of ether oxygens (including phenoxy) is 1. The zero-order valence-electron chi connectivity index (χ0n) is 24.2. The Morgan fingerprint density at radius 3 is 2.66 bits per heavy atom. The number of aryl methyl sites for hydroxylation is 1. The molecular formula is C34H28BrN5O4. The van der Waals surface area contributed by atoms with Crippen LogP contribution in [-0.2, 0) is 4.79 Å². The number of fused-ring (bicyclic) bond motifs is 2. The van der Waals surface area contributed by atoms with Crippen molar-refractivity contribution in [3.05, 3.63) is 117 Å². The van der Waals surface area contributed by atoms with Crippen LogP contribution >= 0.6 is 15.9 Å². The van der Waals surface area contributed by atoms with Gasteiger partial charge < -0.3 is 19.4 Å². The van der Waals surface area contributed by atoms with Crippen molar-refractivity contribution in [3.63, 3.8) is 0 Å². The van der Waals surface area contributed by atoms with Crippen LogP contribution in [0.25, 0.3) is 33.5 Å². The molecule has 2 aromatic heterocycles. The molecule has 0 atom stereocenters. The average molecular weight is 651 g/mol. The SMILES string of the molecule is Cc1ccccc1NC(=O)COc1cc(N(C)C)ccc1C=Nn1c(-c2cc3cc(Br)ccc3o2)nc2ccccc2c1=O. The molecule has 4 aromatic carbocycles. The lowest BCUT2D eigenvalue weighted by Gasteiger charge is -2.16. The number of carbonyl (C=O) groups is 1. The van der Waals surface area contributed by atoms with E-state index in [1.54, 1.807) is 18.2 Å². The summed E-state index contributed by atoms with van der Waals surface area (Å²) in [6.07, 6.45) is 1.52. The van der Waals surface area contributed by atoms with Crippen molar-refractivity contribution in [3.8, 4) is 17.3 Å². The topological polar surface area (TPSA) is 102 Å². The van der Waals surface area contributed by atoms with Gasteiger partial charge in [-0.2, -0.15) is 9.78 Å². The van der Waals surface area contributed by atoms with Gasteiger partial charge in [-0.1, -0.05) is 46.3 Å².